The fourth-order valence-electron chi connectivity index (χ4n) is 0.999. The number of rotatable bonds is 6. The number of nitrogens with one attached hydrogen (secondary N) is 1. The summed E-state index contributed by atoms with van der Waals surface area (Å²) in [5.74, 6) is 0.567. The van der Waals surface area contributed by atoms with Gasteiger partial charge in [-0.2, -0.15) is 0 Å². The van der Waals surface area contributed by atoms with Crippen LogP contribution >= 0.6 is 11.8 Å². The first-order valence-corrected chi connectivity index (χ1v) is 5.85. The van der Waals surface area contributed by atoms with Crippen molar-refractivity contribution in [3.8, 4) is 0 Å². The Labute approximate surface area is 97.2 Å². The van der Waals surface area contributed by atoms with Gasteiger partial charge < -0.3 is 20.6 Å². The molecule has 1 aromatic heterocycles. The Bertz CT molecular complexity index is 383. The number of nitrogen functional groups attached to an aromatic ring is 1. The van der Waals surface area contributed by atoms with Gasteiger partial charge in [-0.1, -0.05) is 11.8 Å². The van der Waals surface area contributed by atoms with E-state index < -0.39 is 6.10 Å². The lowest BCUT2D eigenvalue weighted by atomic mass is 10.4. The van der Waals surface area contributed by atoms with Crippen molar-refractivity contribution in [2.75, 3.05) is 24.7 Å². The number of thioether (sulfide) groups is 1. The molecule has 0 fully saturated rings. The van der Waals surface area contributed by atoms with Crippen molar-refractivity contribution in [1.82, 2.24) is 9.97 Å². The Morgan fingerprint density at radius 1 is 1.75 bits per heavy atom. The summed E-state index contributed by atoms with van der Waals surface area (Å²) in [4.78, 5) is 17.5. The molecule has 0 spiro atoms. The maximum atomic E-state index is 11.1. The maximum absolute atomic E-state index is 11.1. The number of anilines is 1. The molecule has 0 aliphatic heterocycles. The van der Waals surface area contributed by atoms with E-state index in [0.29, 0.717) is 17.5 Å². The van der Waals surface area contributed by atoms with E-state index in [2.05, 4.69) is 9.97 Å². The third kappa shape index (κ3) is 4.65. The Kier molecular flexibility index (Phi) is 5.30. The van der Waals surface area contributed by atoms with Crippen molar-refractivity contribution < 1.29 is 9.84 Å². The molecule has 0 saturated heterocycles. The molecular formula is C9H15N3O3S. The summed E-state index contributed by atoms with van der Waals surface area (Å²) >= 11 is 1.23. The lowest BCUT2D eigenvalue weighted by Gasteiger charge is -2.09. The fraction of sp³-hybridized carbons (Fsp3) is 0.556. The first kappa shape index (κ1) is 13.0. The number of ether oxygens (including phenoxy) is 1. The second-order valence-electron chi connectivity index (χ2n) is 3.10. The van der Waals surface area contributed by atoms with Gasteiger partial charge in [-0.15, -0.1) is 0 Å². The molecule has 1 rings (SSSR count). The van der Waals surface area contributed by atoms with Crippen molar-refractivity contribution in [2.45, 2.75) is 18.2 Å². The van der Waals surface area contributed by atoms with Crippen LogP contribution in [0.5, 0.6) is 0 Å². The smallest absolute Gasteiger partial charge is 0.253 e. The number of aliphatic hydroxyl groups is 1. The van der Waals surface area contributed by atoms with E-state index in [4.69, 9.17) is 10.5 Å². The molecule has 0 bridgehead atoms. The lowest BCUT2D eigenvalue weighted by molar-refractivity contribution is 0.0551. The molecule has 0 saturated carbocycles. The molecule has 0 aliphatic carbocycles. The molecule has 0 amide bonds. The van der Waals surface area contributed by atoms with Crippen LogP contribution in [-0.4, -0.2) is 40.1 Å². The van der Waals surface area contributed by atoms with E-state index in [1.54, 1.807) is 0 Å². The van der Waals surface area contributed by atoms with Gasteiger partial charge in [0.25, 0.3) is 5.56 Å². The van der Waals surface area contributed by atoms with Gasteiger partial charge in [-0.05, 0) is 6.92 Å². The molecule has 16 heavy (non-hydrogen) atoms. The number of nitrogens with zero attached hydrogens (tertiary/aromatic N) is 1. The topological polar surface area (TPSA) is 101 Å². The Morgan fingerprint density at radius 3 is 3.12 bits per heavy atom. The van der Waals surface area contributed by atoms with Gasteiger partial charge in [-0.3, -0.25) is 4.79 Å². The number of hydrogen-bond donors (Lipinski definition) is 3. The summed E-state index contributed by atoms with van der Waals surface area (Å²) in [5, 5.41) is 9.89. The number of aromatic nitrogens is 2. The van der Waals surface area contributed by atoms with E-state index in [-0.39, 0.29) is 18.0 Å². The molecule has 0 aromatic carbocycles. The summed E-state index contributed by atoms with van der Waals surface area (Å²) in [7, 11) is 0. The van der Waals surface area contributed by atoms with E-state index >= 15 is 0 Å². The Hall–Kier alpha value is -1.05. The molecule has 1 unspecified atom stereocenters. The van der Waals surface area contributed by atoms with E-state index in [1.807, 2.05) is 6.92 Å². The van der Waals surface area contributed by atoms with Crippen LogP contribution in [0.3, 0.4) is 0 Å². The van der Waals surface area contributed by atoms with Crippen LogP contribution in [-0.2, 0) is 4.74 Å². The van der Waals surface area contributed by atoms with Crippen molar-refractivity contribution >= 4 is 17.6 Å². The highest BCUT2D eigenvalue weighted by molar-refractivity contribution is 7.99. The van der Waals surface area contributed by atoms with E-state index in [0.717, 1.165) is 0 Å². The molecule has 0 radical (unpaired) electrons. The number of H-pyrrole nitrogens is 1. The molecule has 0 aliphatic rings. The van der Waals surface area contributed by atoms with Gasteiger partial charge in [0.2, 0.25) is 0 Å². The number of nitrogens with two attached hydrogens (primary N) is 1. The van der Waals surface area contributed by atoms with Gasteiger partial charge in [-0.25, -0.2) is 4.98 Å². The minimum Gasteiger partial charge on any atom is -0.390 e. The molecule has 90 valence electrons. The van der Waals surface area contributed by atoms with Gasteiger partial charge in [0.05, 0.1) is 12.7 Å². The summed E-state index contributed by atoms with van der Waals surface area (Å²) in [6, 6.07) is 1.21. The summed E-state index contributed by atoms with van der Waals surface area (Å²) in [6.45, 7) is 2.70. The third-order valence-electron chi connectivity index (χ3n) is 1.67. The minimum atomic E-state index is -0.586. The molecule has 1 atom stereocenters. The number of aromatic amines is 1. The third-order valence-corrected chi connectivity index (χ3v) is 2.68. The second-order valence-corrected chi connectivity index (χ2v) is 4.11. The summed E-state index contributed by atoms with van der Waals surface area (Å²) in [5.41, 5.74) is 5.12. The van der Waals surface area contributed by atoms with Gasteiger partial charge in [0.1, 0.15) is 5.82 Å². The predicted molar refractivity (Wildman–Crippen MR) is 62.5 cm³/mol. The van der Waals surface area contributed by atoms with Crippen LogP contribution < -0.4 is 11.3 Å². The molecule has 6 nitrogen and oxygen atoms in total. The predicted octanol–water partition coefficient (Wildman–Crippen LogP) is -0.158. The minimum absolute atomic E-state index is 0.172. The largest absolute Gasteiger partial charge is 0.390 e. The monoisotopic (exact) mass is 245 g/mol. The first-order chi connectivity index (χ1) is 7.61. The van der Waals surface area contributed by atoms with Crippen LogP contribution in [0.25, 0.3) is 0 Å². The van der Waals surface area contributed by atoms with Crippen molar-refractivity contribution in [1.29, 1.82) is 0 Å². The zero-order valence-electron chi connectivity index (χ0n) is 8.97. The SMILES string of the molecule is CCOCC(O)CSc1nc(N)cc(=O)[nH]1. The number of aliphatic hydroxyl groups excluding tert-OH is 1. The summed E-state index contributed by atoms with van der Waals surface area (Å²) < 4.78 is 5.05. The first-order valence-electron chi connectivity index (χ1n) is 4.87. The molecule has 4 N–H and O–H groups in total. The van der Waals surface area contributed by atoms with Crippen LogP contribution in [0, 0.1) is 0 Å². The van der Waals surface area contributed by atoms with Crippen LogP contribution in [0.1, 0.15) is 6.92 Å². The van der Waals surface area contributed by atoms with Crippen LogP contribution in [0.4, 0.5) is 5.82 Å². The van der Waals surface area contributed by atoms with E-state index in [1.165, 1.54) is 17.8 Å². The highest BCUT2D eigenvalue weighted by Crippen LogP contribution is 2.13. The molecule has 1 heterocycles. The lowest BCUT2D eigenvalue weighted by Crippen LogP contribution is -2.18. The van der Waals surface area contributed by atoms with E-state index in [9.17, 15) is 9.90 Å². The zero-order chi connectivity index (χ0) is 12.0. The Balaban J connectivity index is 2.45. The maximum Gasteiger partial charge on any atom is 0.253 e. The molecule has 1 aromatic rings. The average molecular weight is 245 g/mol. The highest BCUT2D eigenvalue weighted by Gasteiger charge is 2.06. The summed E-state index contributed by atoms with van der Waals surface area (Å²) in [6.07, 6.45) is -0.586. The molecule has 7 heteroatoms. The normalized spacial score (nSPS) is 12.6. The van der Waals surface area contributed by atoms with Gasteiger partial charge >= 0.3 is 0 Å². The zero-order valence-corrected chi connectivity index (χ0v) is 9.79. The van der Waals surface area contributed by atoms with Gasteiger partial charge in [0.15, 0.2) is 5.16 Å². The standard InChI is InChI=1S/C9H15N3O3S/c1-2-15-4-6(13)5-16-9-11-7(10)3-8(14)12-9/h3,6,13H,2,4-5H2,1H3,(H3,10,11,12,14). The average Bonchev–Trinajstić information content (AvgIpc) is 2.22. The molecular weight excluding hydrogens is 230 g/mol. The second kappa shape index (κ2) is 6.51. The van der Waals surface area contributed by atoms with Crippen LogP contribution in [0.15, 0.2) is 16.0 Å². The van der Waals surface area contributed by atoms with Crippen molar-refractivity contribution in [3.05, 3.63) is 16.4 Å². The Morgan fingerprint density at radius 2 is 2.50 bits per heavy atom. The van der Waals surface area contributed by atoms with Crippen LogP contribution in [0.2, 0.25) is 0 Å². The number of hydrogen-bond acceptors (Lipinski definition) is 6. The fourth-order valence-corrected chi connectivity index (χ4v) is 1.79. The highest BCUT2D eigenvalue weighted by atomic mass is 32.2. The van der Waals surface area contributed by atoms with Crippen molar-refractivity contribution in [3.63, 3.8) is 0 Å². The van der Waals surface area contributed by atoms with Gasteiger partial charge in [0, 0.05) is 18.4 Å². The van der Waals surface area contributed by atoms with Crippen molar-refractivity contribution in [2.24, 2.45) is 0 Å². The quantitative estimate of drug-likeness (QED) is 0.475.